The number of Topliss-reactive ketones (excluding diaryl/α,β-unsaturated/α-hetero) is 1. The average molecular weight is 812 g/mol. The second-order valence-corrected chi connectivity index (χ2v) is 16.9. The highest BCUT2D eigenvalue weighted by atomic mass is 35.5. The fraction of sp³-hybridized carbons (Fsp3) is 0.600. The van der Waals surface area contributed by atoms with Gasteiger partial charge in [-0.25, -0.2) is 13.1 Å². The zero-order valence-corrected chi connectivity index (χ0v) is 31.6. The lowest BCUT2D eigenvalue weighted by atomic mass is 9.93. The van der Waals surface area contributed by atoms with Gasteiger partial charge in [-0.15, -0.1) is 46.4 Å². The maximum atomic E-state index is 14.2. The van der Waals surface area contributed by atoms with E-state index < -0.39 is 83.8 Å². The lowest BCUT2D eigenvalue weighted by Crippen LogP contribution is -2.34. The van der Waals surface area contributed by atoms with Crippen LogP contribution in [0.15, 0.2) is 41.4 Å². The van der Waals surface area contributed by atoms with Crippen LogP contribution in [0.1, 0.15) is 50.0 Å². The van der Waals surface area contributed by atoms with Crippen LogP contribution >= 0.6 is 53.9 Å². The summed E-state index contributed by atoms with van der Waals surface area (Å²) in [5, 5.41) is 21.5. The molecule has 1 unspecified atom stereocenters. The highest BCUT2D eigenvalue weighted by Crippen LogP contribution is 2.53. The Morgan fingerprint density at radius 1 is 0.898 bits per heavy atom. The summed E-state index contributed by atoms with van der Waals surface area (Å²) in [4.78, 5) is 48.9. The molecular formula is C30H44Cl4N3O10PS. The minimum atomic E-state index is -4.34. The SMILES string of the molecule is N[C@@H](CCC(=O)N/C(=C/S(=O)(=O)CCOP(=O)(CC(CCCl)CCCl)N(CCCl)CCCl)C(=O)CC[C@@H](C(=O)O)c1ccccc1)C(=O)O. The number of nitrogens with two attached hydrogens (primary N) is 1. The Hall–Kier alpha value is -1.74. The molecule has 278 valence electrons. The second-order valence-electron chi connectivity index (χ2n) is 11.0. The number of halogens is 4. The molecule has 0 radical (unpaired) electrons. The maximum Gasteiger partial charge on any atom is 0.320 e. The van der Waals surface area contributed by atoms with Crippen molar-refractivity contribution in [3.05, 3.63) is 47.0 Å². The Labute approximate surface area is 307 Å². The molecule has 0 bridgehead atoms. The summed E-state index contributed by atoms with van der Waals surface area (Å²) < 4.78 is 48.0. The van der Waals surface area contributed by atoms with E-state index in [0.29, 0.717) is 23.8 Å². The number of carbonyl (C=O) groups is 4. The standard InChI is InChI=1S/C30H44Cl4N3O10PS/c31-12-10-22(11-13-32)20-48(44,37(16-14-33)17-15-34)47-18-19-49(45,46)21-26(36-28(39)9-7-25(35)30(42)43)27(38)8-6-24(29(40)41)23-4-2-1-3-5-23/h1-5,21-22,24-25H,6-20,35H2,(H,36,39)(H,40,41)(H,42,43)/b26-21+/t24-,25+,48?/m1/s1. The van der Waals surface area contributed by atoms with Crippen molar-refractivity contribution < 1.29 is 46.9 Å². The van der Waals surface area contributed by atoms with Crippen LogP contribution in [0, 0.1) is 5.92 Å². The third-order valence-electron chi connectivity index (χ3n) is 7.33. The van der Waals surface area contributed by atoms with E-state index in [4.69, 9.17) is 61.8 Å². The summed E-state index contributed by atoms with van der Waals surface area (Å²) >= 11 is 23.8. The largest absolute Gasteiger partial charge is 0.481 e. The number of hydrogen-bond donors (Lipinski definition) is 4. The molecule has 1 aromatic rings. The molecule has 19 heteroatoms. The van der Waals surface area contributed by atoms with Gasteiger partial charge in [0, 0.05) is 55.6 Å². The van der Waals surface area contributed by atoms with E-state index in [1.807, 2.05) is 0 Å². The van der Waals surface area contributed by atoms with Crippen LogP contribution in [0.25, 0.3) is 0 Å². The molecule has 13 nitrogen and oxygen atoms in total. The Kier molecular flexibility index (Phi) is 21.9. The highest BCUT2D eigenvalue weighted by molar-refractivity contribution is 7.94. The zero-order chi connectivity index (χ0) is 37.0. The van der Waals surface area contributed by atoms with Crippen LogP contribution in [-0.2, 0) is 38.1 Å². The molecule has 5 N–H and O–H groups in total. The molecule has 1 aromatic carbocycles. The summed E-state index contributed by atoms with van der Waals surface area (Å²) in [6, 6.07) is 6.73. The first-order valence-corrected chi connectivity index (χ1v) is 21.0. The van der Waals surface area contributed by atoms with Crippen molar-refractivity contribution in [3.8, 4) is 0 Å². The van der Waals surface area contributed by atoms with E-state index in [2.05, 4.69) is 5.32 Å². The highest BCUT2D eigenvalue weighted by Gasteiger charge is 2.34. The Morgan fingerprint density at radius 2 is 1.49 bits per heavy atom. The van der Waals surface area contributed by atoms with Gasteiger partial charge in [0.1, 0.15) is 6.04 Å². The van der Waals surface area contributed by atoms with Gasteiger partial charge in [-0.2, -0.15) is 0 Å². The van der Waals surface area contributed by atoms with Crippen molar-refractivity contribution in [1.29, 1.82) is 0 Å². The predicted molar refractivity (Wildman–Crippen MR) is 192 cm³/mol. The zero-order valence-electron chi connectivity index (χ0n) is 26.9. The van der Waals surface area contributed by atoms with Crippen molar-refractivity contribution in [2.45, 2.75) is 50.5 Å². The Balaban J connectivity index is 3.30. The lowest BCUT2D eigenvalue weighted by Gasteiger charge is -2.32. The van der Waals surface area contributed by atoms with Crippen LogP contribution in [0.2, 0.25) is 0 Å². The molecule has 0 aliphatic carbocycles. The summed E-state index contributed by atoms with van der Waals surface area (Å²) in [5.41, 5.74) is 5.23. The Bertz CT molecular complexity index is 1390. The summed E-state index contributed by atoms with van der Waals surface area (Å²) in [7, 11) is -8.05. The number of nitrogens with one attached hydrogen (secondary N) is 1. The van der Waals surface area contributed by atoms with Gasteiger partial charge in [0.05, 0.1) is 29.4 Å². The van der Waals surface area contributed by atoms with Crippen molar-refractivity contribution in [3.63, 3.8) is 0 Å². The molecule has 0 spiro atoms. The van der Waals surface area contributed by atoms with E-state index in [-0.39, 0.29) is 61.5 Å². The van der Waals surface area contributed by atoms with Crippen molar-refractivity contribution in [1.82, 2.24) is 9.99 Å². The smallest absolute Gasteiger partial charge is 0.320 e. The van der Waals surface area contributed by atoms with Gasteiger partial charge in [0.15, 0.2) is 15.6 Å². The molecule has 0 saturated heterocycles. The van der Waals surface area contributed by atoms with Crippen LogP contribution in [0.4, 0.5) is 0 Å². The number of nitrogens with zero attached hydrogens (tertiary/aromatic N) is 1. The van der Waals surface area contributed by atoms with Crippen molar-refractivity contribution in [2.24, 2.45) is 11.7 Å². The van der Waals surface area contributed by atoms with Gasteiger partial charge in [0.25, 0.3) is 7.52 Å². The Morgan fingerprint density at radius 3 is 2.00 bits per heavy atom. The molecule has 1 amide bonds. The monoisotopic (exact) mass is 809 g/mol. The molecule has 3 atom stereocenters. The summed E-state index contributed by atoms with van der Waals surface area (Å²) in [5.74, 6) is -5.64. The first-order chi connectivity index (χ1) is 23.1. The first-order valence-electron chi connectivity index (χ1n) is 15.4. The van der Waals surface area contributed by atoms with Crippen LogP contribution in [0.3, 0.4) is 0 Å². The van der Waals surface area contributed by atoms with E-state index in [0.717, 1.165) is 0 Å². The van der Waals surface area contributed by atoms with Gasteiger partial charge in [-0.1, -0.05) is 30.3 Å². The molecule has 0 aliphatic heterocycles. The molecule has 0 aromatic heterocycles. The molecule has 0 aliphatic rings. The van der Waals surface area contributed by atoms with Gasteiger partial charge in [0.2, 0.25) is 5.91 Å². The van der Waals surface area contributed by atoms with E-state index >= 15 is 0 Å². The molecule has 0 heterocycles. The third kappa shape index (κ3) is 17.4. The molecule has 1 rings (SSSR count). The number of ketones is 1. The van der Waals surface area contributed by atoms with Crippen LogP contribution in [0.5, 0.6) is 0 Å². The van der Waals surface area contributed by atoms with Gasteiger partial charge in [-0.05, 0) is 37.2 Å². The van der Waals surface area contributed by atoms with Gasteiger partial charge < -0.3 is 25.8 Å². The maximum absolute atomic E-state index is 14.2. The summed E-state index contributed by atoms with van der Waals surface area (Å²) in [6.45, 7) is -0.282. The average Bonchev–Trinajstić information content (AvgIpc) is 3.03. The molecular weight excluding hydrogens is 767 g/mol. The lowest BCUT2D eigenvalue weighted by molar-refractivity contribution is -0.140. The van der Waals surface area contributed by atoms with Crippen LogP contribution < -0.4 is 11.1 Å². The molecule has 0 saturated carbocycles. The number of carboxylic acids is 2. The molecule has 0 fully saturated rings. The van der Waals surface area contributed by atoms with Gasteiger partial charge >= 0.3 is 11.9 Å². The predicted octanol–water partition coefficient (Wildman–Crippen LogP) is 4.63. The second kappa shape index (κ2) is 23.7. The first kappa shape index (κ1) is 45.3. The fourth-order valence-corrected chi connectivity index (χ4v) is 9.74. The number of rotatable bonds is 27. The molecule has 49 heavy (non-hydrogen) atoms. The van der Waals surface area contributed by atoms with E-state index in [1.165, 1.54) is 4.67 Å². The number of aliphatic carboxylic acids is 2. The quantitative estimate of drug-likeness (QED) is 0.0545. The van der Waals surface area contributed by atoms with Crippen LogP contribution in [-0.4, -0.2) is 108 Å². The topological polar surface area (TPSA) is 210 Å². The normalized spacial score (nSPS) is 14.7. The number of alkyl halides is 4. The van der Waals surface area contributed by atoms with Gasteiger partial charge in [-0.3, -0.25) is 23.7 Å². The number of hydrogen-bond acceptors (Lipinski definition) is 9. The van der Waals surface area contributed by atoms with E-state index in [9.17, 15) is 37.3 Å². The minimum Gasteiger partial charge on any atom is -0.481 e. The van der Waals surface area contributed by atoms with E-state index in [1.54, 1.807) is 30.3 Å². The third-order valence-corrected chi connectivity index (χ3v) is 12.3. The number of amides is 1. The van der Waals surface area contributed by atoms with Crippen molar-refractivity contribution in [2.75, 3.05) is 55.1 Å². The summed E-state index contributed by atoms with van der Waals surface area (Å²) in [6.07, 6.45) is -0.452. The number of allylic oxidation sites excluding steroid dienone is 1. The number of sulfone groups is 1. The number of carbonyl (C=O) groups excluding carboxylic acids is 2. The number of carboxylic acid groups (broad SMARTS) is 2. The number of benzene rings is 1. The minimum absolute atomic E-state index is 0.0144. The fourth-order valence-electron chi connectivity index (χ4n) is 4.67. The van der Waals surface area contributed by atoms with Crippen molar-refractivity contribution >= 4 is 87.4 Å².